The molecule has 0 spiro atoms. The number of benzene rings is 2. The summed E-state index contributed by atoms with van der Waals surface area (Å²) < 4.78 is 5.58. The number of fused-ring (bicyclic) bond motifs is 1. The Bertz CT molecular complexity index is 1000. The van der Waals surface area contributed by atoms with Gasteiger partial charge < -0.3 is 15.0 Å². The highest BCUT2D eigenvalue weighted by Gasteiger charge is 2.37. The lowest BCUT2D eigenvalue weighted by atomic mass is 10.1. The van der Waals surface area contributed by atoms with E-state index in [-0.39, 0.29) is 25.1 Å². The molecule has 2 heterocycles. The molecular weight excluding hydrogens is 366 g/mol. The normalized spacial score (nSPS) is 16.8. The van der Waals surface area contributed by atoms with Crippen LogP contribution >= 0.6 is 11.6 Å². The van der Waals surface area contributed by atoms with Gasteiger partial charge >= 0.3 is 6.03 Å². The topological polar surface area (TPSA) is 74.4 Å². The van der Waals surface area contributed by atoms with Crippen molar-refractivity contribution >= 4 is 34.4 Å². The summed E-state index contributed by atoms with van der Waals surface area (Å²) in [5, 5.41) is 4.39. The molecule has 1 aliphatic heterocycles. The van der Waals surface area contributed by atoms with Gasteiger partial charge in [-0.3, -0.25) is 9.69 Å². The van der Waals surface area contributed by atoms with E-state index in [1.165, 1.54) is 4.90 Å². The molecule has 3 aromatic rings. The van der Waals surface area contributed by atoms with Crippen LogP contribution in [0.1, 0.15) is 5.56 Å². The Morgan fingerprint density at radius 1 is 1.11 bits per heavy atom. The Labute approximate surface area is 161 Å². The van der Waals surface area contributed by atoms with Crippen molar-refractivity contribution in [1.82, 2.24) is 15.2 Å². The summed E-state index contributed by atoms with van der Waals surface area (Å²) in [4.78, 5) is 29.2. The number of para-hydroxylation sites is 1. The molecule has 2 N–H and O–H groups in total. The monoisotopic (exact) mass is 383 g/mol. The van der Waals surface area contributed by atoms with E-state index in [0.29, 0.717) is 17.2 Å². The van der Waals surface area contributed by atoms with E-state index >= 15 is 0 Å². The molecule has 1 saturated heterocycles. The summed E-state index contributed by atoms with van der Waals surface area (Å²) in [7, 11) is 0. The van der Waals surface area contributed by atoms with Crippen LogP contribution in [0.5, 0.6) is 5.75 Å². The van der Waals surface area contributed by atoms with Crippen molar-refractivity contribution in [2.45, 2.75) is 12.5 Å². The highest BCUT2D eigenvalue weighted by atomic mass is 35.5. The number of aromatic nitrogens is 1. The van der Waals surface area contributed by atoms with Crippen LogP contribution in [0.15, 0.2) is 54.7 Å². The molecule has 0 aliphatic carbocycles. The lowest BCUT2D eigenvalue weighted by molar-refractivity contribution is -0.127. The van der Waals surface area contributed by atoms with Gasteiger partial charge in [-0.25, -0.2) is 4.79 Å². The standard InChI is InChI=1S/C20H18ClN3O3/c21-14-4-3-5-15(11-14)27-9-8-24-19(25)18(23-20(24)26)10-13-12-22-17-7-2-1-6-16(13)17/h1-7,11-12,18,22H,8-10H2,(H,23,26). The summed E-state index contributed by atoms with van der Waals surface area (Å²) in [6.45, 7) is 0.390. The van der Waals surface area contributed by atoms with E-state index in [2.05, 4.69) is 10.3 Å². The third-order valence-electron chi connectivity index (χ3n) is 4.59. The van der Waals surface area contributed by atoms with Gasteiger partial charge in [-0.15, -0.1) is 0 Å². The molecule has 4 rings (SSSR count). The summed E-state index contributed by atoms with van der Waals surface area (Å²) in [5.74, 6) is 0.366. The average molecular weight is 384 g/mol. The number of nitrogens with zero attached hydrogens (tertiary/aromatic N) is 1. The van der Waals surface area contributed by atoms with Gasteiger partial charge in [0.15, 0.2) is 0 Å². The zero-order chi connectivity index (χ0) is 18.8. The maximum atomic E-state index is 12.6. The second kappa shape index (κ2) is 7.32. The van der Waals surface area contributed by atoms with Crippen molar-refractivity contribution in [3.05, 3.63) is 65.3 Å². The molecule has 0 bridgehead atoms. The molecule has 27 heavy (non-hydrogen) atoms. The van der Waals surface area contributed by atoms with Crippen molar-refractivity contribution in [2.75, 3.05) is 13.2 Å². The number of H-pyrrole nitrogens is 1. The Kier molecular flexibility index (Phi) is 4.73. The molecule has 2 aromatic carbocycles. The SMILES string of the molecule is O=C1NC(Cc2c[nH]c3ccccc23)C(=O)N1CCOc1cccc(Cl)c1. The number of imide groups is 1. The minimum absolute atomic E-state index is 0.182. The Balaban J connectivity index is 1.38. The first-order valence-electron chi connectivity index (χ1n) is 8.67. The van der Waals surface area contributed by atoms with E-state index in [4.69, 9.17) is 16.3 Å². The number of hydrogen-bond acceptors (Lipinski definition) is 3. The predicted octanol–water partition coefficient (Wildman–Crippen LogP) is 3.36. The third kappa shape index (κ3) is 3.61. The summed E-state index contributed by atoms with van der Waals surface area (Å²) >= 11 is 5.91. The molecular formula is C20H18ClN3O3. The van der Waals surface area contributed by atoms with E-state index in [0.717, 1.165) is 16.5 Å². The molecule has 7 heteroatoms. The number of carbonyl (C=O) groups is 2. The van der Waals surface area contributed by atoms with E-state index in [1.807, 2.05) is 30.5 Å². The Hall–Kier alpha value is -2.99. The highest BCUT2D eigenvalue weighted by molar-refractivity contribution is 6.30. The van der Waals surface area contributed by atoms with Crippen molar-refractivity contribution in [1.29, 1.82) is 0 Å². The number of halogens is 1. The number of amides is 3. The van der Waals surface area contributed by atoms with Gasteiger partial charge in [0.25, 0.3) is 5.91 Å². The van der Waals surface area contributed by atoms with Gasteiger partial charge in [-0.2, -0.15) is 0 Å². The van der Waals surface area contributed by atoms with Crippen LogP contribution in [0.25, 0.3) is 10.9 Å². The van der Waals surface area contributed by atoms with Crippen LogP contribution in [-0.4, -0.2) is 41.0 Å². The first kappa shape index (κ1) is 17.4. The molecule has 3 amide bonds. The van der Waals surface area contributed by atoms with Crippen LogP contribution in [0.4, 0.5) is 4.79 Å². The fourth-order valence-corrected chi connectivity index (χ4v) is 3.44. The van der Waals surface area contributed by atoms with Gasteiger partial charge in [0, 0.05) is 28.5 Å². The molecule has 1 fully saturated rings. The van der Waals surface area contributed by atoms with Crippen LogP contribution < -0.4 is 10.1 Å². The zero-order valence-corrected chi connectivity index (χ0v) is 15.2. The lowest BCUT2D eigenvalue weighted by Crippen LogP contribution is -2.35. The van der Waals surface area contributed by atoms with Crippen molar-refractivity contribution in [3.8, 4) is 5.75 Å². The number of aromatic amines is 1. The molecule has 1 atom stereocenters. The highest BCUT2D eigenvalue weighted by Crippen LogP contribution is 2.21. The van der Waals surface area contributed by atoms with Gasteiger partial charge in [-0.05, 0) is 29.8 Å². The van der Waals surface area contributed by atoms with E-state index in [1.54, 1.807) is 24.3 Å². The molecule has 1 unspecified atom stereocenters. The van der Waals surface area contributed by atoms with Crippen LogP contribution in [0, 0.1) is 0 Å². The number of nitrogens with one attached hydrogen (secondary N) is 2. The number of carbonyl (C=O) groups excluding carboxylic acids is 2. The quantitative estimate of drug-likeness (QED) is 0.641. The van der Waals surface area contributed by atoms with E-state index in [9.17, 15) is 9.59 Å². The van der Waals surface area contributed by atoms with Crippen LogP contribution in [-0.2, 0) is 11.2 Å². The lowest BCUT2D eigenvalue weighted by Gasteiger charge is -2.14. The summed E-state index contributed by atoms with van der Waals surface area (Å²) in [6, 6.07) is 13.9. The zero-order valence-electron chi connectivity index (χ0n) is 14.4. The molecule has 6 nitrogen and oxygen atoms in total. The second-order valence-corrected chi connectivity index (χ2v) is 6.80. The average Bonchev–Trinajstić information content (AvgIpc) is 3.18. The fourth-order valence-electron chi connectivity index (χ4n) is 3.26. The predicted molar refractivity (Wildman–Crippen MR) is 103 cm³/mol. The van der Waals surface area contributed by atoms with Gasteiger partial charge in [0.05, 0.1) is 6.54 Å². The summed E-state index contributed by atoms with van der Waals surface area (Å²) in [6.07, 6.45) is 2.33. The maximum absolute atomic E-state index is 12.6. The number of hydrogen-bond donors (Lipinski definition) is 2. The molecule has 138 valence electrons. The number of urea groups is 1. The molecule has 0 saturated carbocycles. The molecule has 1 aliphatic rings. The van der Waals surface area contributed by atoms with Crippen molar-refractivity contribution < 1.29 is 14.3 Å². The maximum Gasteiger partial charge on any atom is 0.324 e. The molecule has 0 radical (unpaired) electrons. The van der Waals surface area contributed by atoms with Crippen LogP contribution in [0.3, 0.4) is 0 Å². The first-order valence-corrected chi connectivity index (χ1v) is 9.05. The van der Waals surface area contributed by atoms with Crippen LogP contribution in [0.2, 0.25) is 5.02 Å². The van der Waals surface area contributed by atoms with Gasteiger partial charge in [0.1, 0.15) is 18.4 Å². The third-order valence-corrected chi connectivity index (χ3v) is 4.82. The Morgan fingerprint density at radius 3 is 2.81 bits per heavy atom. The van der Waals surface area contributed by atoms with Gasteiger partial charge in [-0.1, -0.05) is 35.9 Å². The van der Waals surface area contributed by atoms with Gasteiger partial charge in [0.2, 0.25) is 0 Å². The minimum atomic E-state index is -0.567. The van der Waals surface area contributed by atoms with E-state index < -0.39 is 6.04 Å². The van der Waals surface area contributed by atoms with Crippen molar-refractivity contribution in [2.24, 2.45) is 0 Å². The number of rotatable bonds is 6. The summed E-state index contributed by atoms with van der Waals surface area (Å²) in [5.41, 5.74) is 2.01. The minimum Gasteiger partial charge on any atom is -0.492 e. The smallest absolute Gasteiger partial charge is 0.324 e. The largest absolute Gasteiger partial charge is 0.492 e. The number of ether oxygens (including phenoxy) is 1. The Morgan fingerprint density at radius 2 is 1.96 bits per heavy atom. The molecule has 1 aromatic heterocycles. The first-order chi connectivity index (χ1) is 13.1. The van der Waals surface area contributed by atoms with Crippen molar-refractivity contribution in [3.63, 3.8) is 0 Å². The fraction of sp³-hybridized carbons (Fsp3) is 0.200. The second-order valence-electron chi connectivity index (χ2n) is 6.36.